The first-order chi connectivity index (χ1) is 15.2. The summed E-state index contributed by atoms with van der Waals surface area (Å²) >= 11 is 0. The summed E-state index contributed by atoms with van der Waals surface area (Å²) in [6.07, 6.45) is -0.982. The van der Waals surface area contributed by atoms with Gasteiger partial charge in [-0.1, -0.05) is 0 Å². The zero-order valence-corrected chi connectivity index (χ0v) is 19.5. The Hall–Kier alpha value is -2.82. The van der Waals surface area contributed by atoms with Crippen molar-refractivity contribution in [1.29, 1.82) is 0 Å². The third kappa shape index (κ3) is 4.82. The molecule has 0 aliphatic carbocycles. The average Bonchev–Trinajstić information content (AvgIpc) is 3.03. The molecule has 0 saturated carbocycles. The molecule has 1 atom stereocenters. The van der Waals surface area contributed by atoms with Gasteiger partial charge < -0.3 is 14.6 Å². The van der Waals surface area contributed by atoms with E-state index in [1.165, 1.54) is 30.8 Å². The van der Waals surface area contributed by atoms with Crippen LogP contribution in [0.3, 0.4) is 0 Å². The van der Waals surface area contributed by atoms with Crippen molar-refractivity contribution in [3.63, 3.8) is 0 Å². The predicted molar refractivity (Wildman–Crippen MR) is 122 cm³/mol. The quantitative estimate of drug-likeness (QED) is 0.493. The smallest absolute Gasteiger partial charge is 0.329 e. The van der Waals surface area contributed by atoms with Crippen molar-refractivity contribution in [3.8, 4) is 11.5 Å². The van der Waals surface area contributed by atoms with Gasteiger partial charge in [0.25, 0.3) is 0 Å². The molecule has 32 heavy (non-hydrogen) atoms. The molecule has 3 aromatic rings. The van der Waals surface area contributed by atoms with Gasteiger partial charge in [-0.3, -0.25) is 9.13 Å². The molecule has 0 aliphatic rings. The van der Waals surface area contributed by atoms with E-state index < -0.39 is 16.1 Å². The van der Waals surface area contributed by atoms with E-state index in [9.17, 15) is 18.3 Å². The van der Waals surface area contributed by atoms with Gasteiger partial charge in [0.1, 0.15) is 24.2 Å². The summed E-state index contributed by atoms with van der Waals surface area (Å²) in [7, 11) is -0.766. The summed E-state index contributed by atoms with van der Waals surface area (Å²) in [4.78, 5) is 13.0. The van der Waals surface area contributed by atoms with E-state index in [1.54, 1.807) is 34.9 Å². The van der Waals surface area contributed by atoms with Gasteiger partial charge in [-0.2, -0.15) is 0 Å². The fraction of sp³-hybridized carbons (Fsp3) is 0.409. The Morgan fingerprint density at radius 3 is 2.16 bits per heavy atom. The van der Waals surface area contributed by atoms with Crippen LogP contribution in [-0.2, 0) is 23.1 Å². The van der Waals surface area contributed by atoms with Gasteiger partial charge in [-0.05, 0) is 56.3 Å². The maximum atomic E-state index is 12.9. The van der Waals surface area contributed by atoms with Crippen LogP contribution in [0.1, 0.15) is 13.8 Å². The number of aliphatic hydroxyl groups is 1. The highest BCUT2D eigenvalue weighted by Crippen LogP contribution is 2.22. The van der Waals surface area contributed by atoms with E-state index in [0.29, 0.717) is 29.9 Å². The van der Waals surface area contributed by atoms with E-state index in [4.69, 9.17) is 9.47 Å². The molecule has 0 radical (unpaired) electrons. The molecular formula is C22H29N3O6S. The number of nitrogens with zero attached hydrogens (tertiary/aromatic N) is 3. The van der Waals surface area contributed by atoms with Gasteiger partial charge in [0.05, 0.1) is 29.1 Å². The van der Waals surface area contributed by atoms with Crippen molar-refractivity contribution in [1.82, 2.24) is 13.4 Å². The van der Waals surface area contributed by atoms with Crippen molar-refractivity contribution >= 4 is 21.1 Å². The second-order valence-electron chi connectivity index (χ2n) is 7.44. The number of rotatable bonds is 10. The molecule has 3 rings (SSSR count). The van der Waals surface area contributed by atoms with Crippen LogP contribution in [0, 0.1) is 0 Å². The Morgan fingerprint density at radius 2 is 1.59 bits per heavy atom. The van der Waals surface area contributed by atoms with Crippen molar-refractivity contribution in [2.24, 2.45) is 0 Å². The molecule has 1 aromatic heterocycles. The zero-order chi connectivity index (χ0) is 23.5. The largest absolute Gasteiger partial charge is 0.494 e. The first-order valence-corrected chi connectivity index (χ1v) is 11.8. The van der Waals surface area contributed by atoms with Gasteiger partial charge in [-0.15, -0.1) is 0 Å². The third-order valence-electron chi connectivity index (χ3n) is 5.06. The van der Waals surface area contributed by atoms with Crippen LogP contribution >= 0.6 is 0 Å². The fourth-order valence-electron chi connectivity index (χ4n) is 3.41. The number of benzene rings is 2. The molecule has 9 nitrogen and oxygen atoms in total. The Morgan fingerprint density at radius 1 is 0.969 bits per heavy atom. The normalized spacial score (nSPS) is 12.9. The lowest BCUT2D eigenvalue weighted by atomic mass is 10.3. The Labute approximate surface area is 187 Å². The number of aliphatic hydroxyl groups excluding tert-OH is 1. The van der Waals surface area contributed by atoms with E-state index in [-0.39, 0.29) is 23.7 Å². The summed E-state index contributed by atoms with van der Waals surface area (Å²) < 4.78 is 40.2. The highest BCUT2D eigenvalue weighted by Gasteiger charge is 2.21. The van der Waals surface area contributed by atoms with Gasteiger partial charge >= 0.3 is 5.69 Å². The molecule has 0 spiro atoms. The summed E-state index contributed by atoms with van der Waals surface area (Å²) in [5.41, 5.74) is 0.733. The molecule has 2 aromatic carbocycles. The van der Waals surface area contributed by atoms with E-state index in [0.717, 1.165) is 10.1 Å². The zero-order valence-electron chi connectivity index (χ0n) is 18.7. The number of fused-ring (bicyclic) bond motifs is 1. The molecule has 0 fully saturated rings. The van der Waals surface area contributed by atoms with Crippen LogP contribution in [0.15, 0.2) is 52.2 Å². The molecule has 0 saturated heterocycles. The summed E-state index contributed by atoms with van der Waals surface area (Å²) in [6, 6.07) is 11.6. The van der Waals surface area contributed by atoms with Gasteiger partial charge in [0.2, 0.25) is 10.0 Å². The molecule has 10 heteroatoms. The molecule has 0 aliphatic heterocycles. The van der Waals surface area contributed by atoms with Crippen LogP contribution in [0.25, 0.3) is 11.0 Å². The molecule has 1 unspecified atom stereocenters. The first-order valence-electron chi connectivity index (χ1n) is 10.4. The van der Waals surface area contributed by atoms with Crippen molar-refractivity contribution in [2.45, 2.75) is 37.9 Å². The minimum absolute atomic E-state index is 0.0328. The minimum Gasteiger partial charge on any atom is -0.494 e. The average molecular weight is 464 g/mol. The van der Waals surface area contributed by atoms with Gasteiger partial charge in [0.15, 0.2) is 0 Å². The van der Waals surface area contributed by atoms with Crippen molar-refractivity contribution in [2.75, 3.05) is 27.3 Å². The van der Waals surface area contributed by atoms with Crippen LogP contribution in [-0.4, -0.2) is 60.4 Å². The molecule has 1 heterocycles. The molecular weight excluding hydrogens is 434 g/mol. The second-order valence-corrected chi connectivity index (χ2v) is 9.60. The lowest BCUT2D eigenvalue weighted by Gasteiger charge is -2.14. The van der Waals surface area contributed by atoms with Crippen LogP contribution < -0.4 is 15.2 Å². The fourth-order valence-corrected chi connectivity index (χ4v) is 4.33. The number of imidazole rings is 1. The van der Waals surface area contributed by atoms with E-state index in [1.807, 2.05) is 13.8 Å². The molecule has 0 bridgehead atoms. The maximum absolute atomic E-state index is 12.9. The van der Waals surface area contributed by atoms with Gasteiger partial charge in [-0.25, -0.2) is 17.5 Å². The van der Waals surface area contributed by atoms with E-state index in [2.05, 4.69) is 0 Å². The number of aryl methyl sites for hydroxylation is 1. The lowest BCUT2D eigenvalue weighted by molar-refractivity contribution is 0.0924. The Balaban J connectivity index is 1.85. The summed E-state index contributed by atoms with van der Waals surface area (Å²) in [5, 5.41) is 10.5. The predicted octanol–water partition coefficient (Wildman–Crippen LogP) is 1.91. The topological polar surface area (TPSA) is 103 Å². The summed E-state index contributed by atoms with van der Waals surface area (Å²) in [5.74, 6) is 1.29. The highest BCUT2D eigenvalue weighted by molar-refractivity contribution is 7.89. The SMILES string of the molecule is CCOc1ccc(OCC(O)Cn2c(=O)n(CC)c3ccc(S(=O)(=O)N(C)C)cc32)cc1. The maximum Gasteiger partial charge on any atom is 0.329 e. The van der Waals surface area contributed by atoms with Crippen LogP contribution in [0.2, 0.25) is 0 Å². The Bertz CT molecular complexity index is 1230. The second kappa shape index (κ2) is 9.76. The molecule has 174 valence electrons. The number of sulfonamides is 1. The highest BCUT2D eigenvalue weighted by atomic mass is 32.2. The standard InChI is InChI=1S/C22H29N3O6S/c1-5-24-20-12-11-19(32(28,29)23(3)4)13-21(20)25(22(24)27)14-16(26)15-31-18-9-7-17(8-10-18)30-6-2/h7-13,16,26H,5-6,14-15H2,1-4H3. The monoisotopic (exact) mass is 463 g/mol. The van der Waals surface area contributed by atoms with Crippen LogP contribution in [0.4, 0.5) is 0 Å². The minimum atomic E-state index is -3.67. The van der Waals surface area contributed by atoms with Crippen molar-refractivity contribution in [3.05, 3.63) is 52.9 Å². The van der Waals surface area contributed by atoms with Gasteiger partial charge in [0, 0.05) is 20.6 Å². The first kappa shape index (κ1) is 23.8. The number of aromatic nitrogens is 2. The molecule has 1 N–H and O–H groups in total. The lowest BCUT2D eigenvalue weighted by Crippen LogP contribution is -2.31. The number of ether oxygens (including phenoxy) is 2. The summed E-state index contributed by atoms with van der Waals surface area (Å²) in [6.45, 7) is 4.65. The molecule has 0 amide bonds. The number of hydrogen-bond donors (Lipinski definition) is 1. The third-order valence-corrected chi connectivity index (χ3v) is 6.87. The van der Waals surface area contributed by atoms with E-state index >= 15 is 0 Å². The number of hydrogen-bond acceptors (Lipinski definition) is 6. The Kier molecular flexibility index (Phi) is 7.27. The van der Waals surface area contributed by atoms with Crippen molar-refractivity contribution < 1.29 is 23.0 Å². The van der Waals surface area contributed by atoms with Crippen LogP contribution in [0.5, 0.6) is 11.5 Å².